The SMILES string of the molecule is CCCCCCCC/C=C\CCCCCCCCCCCCCC(N)=O. The molecule has 0 spiro atoms. The van der Waals surface area contributed by atoms with Crippen LogP contribution in [0.4, 0.5) is 0 Å². The Labute approximate surface area is 164 Å². The lowest BCUT2D eigenvalue weighted by Crippen LogP contribution is -2.09. The Morgan fingerprint density at radius 2 is 0.923 bits per heavy atom. The number of amides is 1. The van der Waals surface area contributed by atoms with Gasteiger partial charge in [0, 0.05) is 6.42 Å². The van der Waals surface area contributed by atoms with E-state index < -0.39 is 0 Å². The smallest absolute Gasteiger partial charge is 0.217 e. The first-order valence-electron chi connectivity index (χ1n) is 11.7. The van der Waals surface area contributed by atoms with E-state index in [9.17, 15) is 4.79 Å². The number of hydrogen-bond acceptors (Lipinski definition) is 1. The molecule has 0 aromatic heterocycles. The molecule has 0 unspecified atom stereocenters. The maximum Gasteiger partial charge on any atom is 0.217 e. The molecule has 0 rings (SSSR count). The van der Waals surface area contributed by atoms with Crippen molar-refractivity contribution >= 4 is 5.91 Å². The highest BCUT2D eigenvalue weighted by atomic mass is 16.1. The van der Waals surface area contributed by atoms with E-state index in [1.54, 1.807) is 0 Å². The third kappa shape index (κ3) is 23.2. The molecule has 154 valence electrons. The number of carbonyl (C=O) groups is 1. The van der Waals surface area contributed by atoms with Gasteiger partial charge in [0.15, 0.2) is 0 Å². The summed E-state index contributed by atoms with van der Waals surface area (Å²) in [6.07, 6.45) is 30.8. The molecular formula is C24H47NO. The van der Waals surface area contributed by atoms with Gasteiger partial charge in [-0.15, -0.1) is 0 Å². The molecule has 0 heterocycles. The summed E-state index contributed by atoms with van der Waals surface area (Å²) in [5.74, 6) is -0.154. The van der Waals surface area contributed by atoms with Crippen molar-refractivity contribution in [2.45, 2.75) is 135 Å². The van der Waals surface area contributed by atoms with Crippen molar-refractivity contribution in [2.24, 2.45) is 5.73 Å². The lowest BCUT2D eigenvalue weighted by Gasteiger charge is -2.02. The largest absolute Gasteiger partial charge is 0.370 e. The Morgan fingerprint density at radius 3 is 1.31 bits per heavy atom. The van der Waals surface area contributed by atoms with Gasteiger partial charge in [0.1, 0.15) is 0 Å². The van der Waals surface area contributed by atoms with E-state index in [0.29, 0.717) is 6.42 Å². The minimum atomic E-state index is -0.154. The van der Waals surface area contributed by atoms with E-state index in [1.165, 1.54) is 109 Å². The van der Waals surface area contributed by atoms with E-state index in [0.717, 1.165) is 12.8 Å². The van der Waals surface area contributed by atoms with Crippen LogP contribution >= 0.6 is 0 Å². The van der Waals surface area contributed by atoms with Crippen LogP contribution < -0.4 is 5.73 Å². The van der Waals surface area contributed by atoms with Crippen molar-refractivity contribution in [1.29, 1.82) is 0 Å². The topological polar surface area (TPSA) is 43.1 Å². The van der Waals surface area contributed by atoms with Gasteiger partial charge in [0.25, 0.3) is 0 Å². The molecule has 2 heteroatoms. The molecule has 0 saturated heterocycles. The lowest BCUT2D eigenvalue weighted by molar-refractivity contribution is -0.118. The van der Waals surface area contributed by atoms with Crippen LogP contribution in [0.5, 0.6) is 0 Å². The molecule has 0 aromatic carbocycles. The summed E-state index contributed by atoms with van der Waals surface area (Å²) in [7, 11) is 0. The van der Waals surface area contributed by atoms with Crippen molar-refractivity contribution in [3.8, 4) is 0 Å². The van der Waals surface area contributed by atoms with Crippen LogP contribution in [0, 0.1) is 0 Å². The van der Waals surface area contributed by atoms with Gasteiger partial charge in [-0.25, -0.2) is 0 Å². The molecule has 0 aliphatic heterocycles. The number of nitrogens with two attached hydrogens (primary N) is 1. The number of primary amides is 1. The Balaban J connectivity index is 3.06. The van der Waals surface area contributed by atoms with E-state index in [2.05, 4.69) is 19.1 Å². The molecular weight excluding hydrogens is 318 g/mol. The first kappa shape index (κ1) is 25.2. The minimum Gasteiger partial charge on any atom is -0.370 e. The summed E-state index contributed by atoms with van der Waals surface area (Å²) in [6, 6.07) is 0. The molecule has 0 aromatic rings. The van der Waals surface area contributed by atoms with E-state index >= 15 is 0 Å². The van der Waals surface area contributed by atoms with Gasteiger partial charge in [0.05, 0.1) is 0 Å². The third-order valence-electron chi connectivity index (χ3n) is 5.18. The lowest BCUT2D eigenvalue weighted by atomic mass is 10.0. The maximum atomic E-state index is 10.6. The third-order valence-corrected chi connectivity index (χ3v) is 5.18. The van der Waals surface area contributed by atoms with Crippen LogP contribution in [-0.2, 0) is 4.79 Å². The molecule has 0 fully saturated rings. The van der Waals surface area contributed by atoms with Crippen LogP contribution in [0.2, 0.25) is 0 Å². The Bertz CT molecular complexity index is 311. The summed E-state index contributed by atoms with van der Waals surface area (Å²) in [5, 5.41) is 0. The fourth-order valence-electron chi connectivity index (χ4n) is 3.43. The monoisotopic (exact) mass is 365 g/mol. The van der Waals surface area contributed by atoms with Crippen LogP contribution in [0.25, 0.3) is 0 Å². The van der Waals surface area contributed by atoms with Crippen molar-refractivity contribution in [1.82, 2.24) is 0 Å². The van der Waals surface area contributed by atoms with Gasteiger partial charge in [-0.3, -0.25) is 4.79 Å². The zero-order chi connectivity index (χ0) is 19.1. The summed E-state index contributed by atoms with van der Waals surface area (Å²) in [5.41, 5.74) is 5.13. The van der Waals surface area contributed by atoms with E-state index in [-0.39, 0.29) is 5.91 Å². The minimum absolute atomic E-state index is 0.154. The van der Waals surface area contributed by atoms with Gasteiger partial charge < -0.3 is 5.73 Å². The molecule has 0 aliphatic rings. The van der Waals surface area contributed by atoms with Crippen LogP contribution in [-0.4, -0.2) is 5.91 Å². The number of carbonyl (C=O) groups excluding carboxylic acids is 1. The predicted molar refractivity (Wildman–Crippen MR) is 116 cm³/mol. The van der Waals surface area contributed by atoms with Crippen LogP contribution in [0.1, 0.15) is 135 Å². The Hall–Kier alpha value is -0.790. The molecule has 2 N–H and O–H groups in total. The molecule has 0 bridgehead atoms. The second kappa shape index (κ2) is 22.3. The second-order valence-electron chi connectivity index (χ2n) is 7.92. The summed E-state index contributed by atoms with van der Waals surface area (Å²) >= 11 is 0. The zero-order valence-electron chi connectivity index (χ0n) is 17.8. The van der Waals surface area contributed by atoms with Crippen molar-refractivity contribution in [3.05, 3.63) is 12.2 Å². The standard InChI is InChI=1S/C24H47NO/c1-2-3-4-5-6-7-8-9-10-11-12-13-14-15-16-17-18-19-20-21-22-23-24(25)26/h9-10H,2-8,11-23H2,1H3,(H2,25,26)/b10-9-. The summed E-state index contributed by atoms with van der Waals surface area (Å²) < 4.78 is 0. The first-order chi connectivity index (χ1) is 12.8. The van der Waals surface area contributed by atoms with Crippen molar-refractivity contribution in [2.75, 3.05) is 0 Å². The molecule has 2 nitrogen and oxygen atoms in total. The fraction of sp³-hybridized carbons (Fsp3) is 0.875. The van der Waals surface area contributed by atoms with E-state index in [4.69, 9.17) is 5.73 Å². The van der Waals surface area contributed by atoms with Gasteiger partial charge in [-0.1, -0.05) is 109 Å². The van der Waals surface area contributed by atoms with Gasteiger partial charge in [-0.2, -0.15) is 0 Å². The highest BCUT2D eigenvalue weighted by molar-refractivity contribution is 5.73. The number of hydrogen-bond donors (Lipinski definition) is 1. The zero-order valence-corrected chi connectivity index (χ0v) is 17.8. The van der Waals surface area contributed by atoms with Crippen molar-refractivity contribution in [3.63, 3.8) is 0 Å². The van der Waals surface area contributed by atoms with Gasteiger partial charge in [-0.05, 0) is 32.1 Å². The maximum absolute atomic E-state index is 10.6. The molecule has 26 heavy (non-hydrogen) atoms. The number of unbranched alkanes of at least 4 members (excludes halogenated alkanes) is 17. The van der Waals surface area contributed by atoms with Crippen LogP contribution in [0.15, 0.2) is 12.2 Å². The van der Waals surface area contributed by atoms with Crippen LogP contribution in [0.3, 0.4) is 0 Å². The molecule has 0 aliphatic carbocycles. The second-order valence-corrected chi connectivity index (χ2v) is 7.92. The Kier molecular flexibility index (Phi) is 21.6. The van der Waals surface area contributed by atoms with Gasteiger partial charge in [0.2, 0.25) is 5.91 Å². The highest BCUT2D eigenvalue weighted by Crippen LogP contribution is 2.13. The number of allylic oxidation sites excluding steroid dienone is 2. The number of rotatable bonds is 21. The molecule has 0 radical (unpaired) electrons. The summed E-state index contributed by atoms with van der Waals surface area (Å²) in [4.78, 5) is 10.6. The average molecular weight is 366 g/mol. The quantitative estimate of drug-likeness (QED) is 0.163. The fourth-order valence-corrected chi connectivity index (χ4v) is 3.43. The molecule has 0 atom stereocenters. The van der Waals surface area contributed by atoms with Crippen molar-refractivity contribution < 1.29 is 4.79 Å². The molecule has 1 amide bonds. The predicted octanol–water partition coefficient (Wildman–Crippen LogP) is 7.85. The summed E-state index contributed by atoms with van der Waals surface area (Å²) in [6.45, 7) is 2.28. The first-order valence-corrected chi connectivity index (χ1v) is 11.7. The van der Waals surface area contributed by atoms with Gasteiger partial charge >= 0.3 is 0 Å². The Morgan fingerprint density at radius 1 is 0.577 bits per heavy atom. The average Bonchev–Trinajstić information content (AvgIpc) is 2.62. The normalized spacial score (nSPS) is 11.4. The highest BCUT2D eigenvalue weighted by Gasteiger charge is 1.95. The van der Waals surface area contributed by atoms with E-state index in [1.807, 2.05) is 0 Å². The molecule has 0 saturated carbocycles.